The summed E-state index contributed by atoms with van der Waals surface area (Å²) in [5.41, 5.74) is 0.613. The maximum Gasteiger partial charge on any atom is 0.321 e. The van der Waals surface area contributed by atoms with Crippen molar-refractivity contribution in [2.75, 3.05) is 11.9 Å². The summed E-state index contributed by atoms with van der Waals surface area (Å²) >= 11 is 5.30. The lowest BCUT2D eigenvalue weighted by atomic mass is 9.94. The zero-order valence-corrected chi connectivity index (χ0v) is 15.2. The Morgan fingerprint density at radius 1 is 1.00 bits per heavy atom. The van der Waals surface area contributed by atoms with E-state index >= 15 is 0 Å². The molecular weight excluding hydrogens is 378 g/mol. The maximum absolute atomic E-state index is 11.8. The molecule has 0 aliphatic heterocycles. The highest BCUT2D eigenvalue weighted by Crippen LogP contribution is 2.16. The van der Waals surface area contributed by atoms with Gasteiger partial charge >= 0.3 is 11.9 Å². The van der Waals surface area contributed by atoms with Gasteiger partial charge in [0.25, 0.3) is 0 Å². The predicted molar refractivity (Wildman–Crippen MR) is 98.1 cm³/mol. The third-order valence-electron chi connectivity index (χ3n) is 3.76. The van der Waals surface area contributed by atoms with E-state index in [-0.39, 0.29) is 38.1 Å². The summed E-state index contributed by atoms with van der Waals surface area (Å²) in [5, 5.41) is 23.1. The highest BCUT2D eigenvalue weighted by molar-refractivity contribution is 6.14. The van der Waals surface area contributed by atoms with Gasteiger partial charge in [0.05, 0.1) is 12.5 Å². The number of anilines is 1. The minimum atomic E-state index is -1.25. The third-order valence-corrected chi connectivity index (χ3v) is 4.02. The second-order valence-electron chi connectivity index (χ2n) is 5.85. The fourth-order valence-electron chi connectivity index (χ4n) is 2.32. The average molecular weight is 400 g/mol. The van der Waals surface area contributed by atoms with Crippen LogP contribution in [0.2, 0.25) is 0 Å². The summed E-state index contributed by atoms with van der Waals surface area (Å²) in [6.07, 6.45) is 0.169. The van der Waals surface area contributed by atoms with Crippen molar-refractivity contribution in [3.05, 3.63) is 30.3 Å². The molecule has 0 aliphatic rings. The highest BCUT2D eigenvalue weighted by Gasteiger charge is 2.26. The summed E-state index contributed by atoms with van der Waals surface area (Å²) in [7, 11) is 0. The monoisotopic (exact) mass is 399 g/mol. The number of carbonyl (C=O) groups is 4. The first-order valence-corrected chi connectivity index (χ1v) is 8.64. The Morgan fingerprint density at radius 2 is 1.67 bits per heavy atom. The molecule has 1 aromatic carbocycles. The Kier molecular flexibility index (Phi) is 9.84. The van der Waals surface area contributed by atoms with Gasteiger partial charge in [-0.1, -0.05) is 18.2 Å². The summed E-state index contributed by atoms with van der Waals surface area (Å²) < 4.78 is 0. The molecular formula is C17H22ClN3O6. The number of hydrogen-bond donors (Lipinski definition) is 5. The lowest BCUT2D eigenvalue weighted by Gasteiger charge is -2.16. The van der Waals surface area contributed by atoms with Crippen molar-refractivity contribution in [2.45, 2.75) is 31.7 Å². The van der Waals surface area contributed by atoms with Crippen LogP contribution >= 0.6 is 11.8 Å². The van der Waals surface area contributed by atoms with Crippen LogP contribution in [0.5, 0.6) is 0 Å². The molecule has 2 atom stereocenters. The molecule has 0 saturated heterocycles. The average Bonchev–Trinajstić information content (AvgIpc) is 2.63. The van der Waals surface area contributed by atoms with Gasteiger partial charge in [0.15, 0.2) is 0 Å². The molecule has 0 aliphatic carbocycles. The number of para-hydroxylation sites is 1. The van der Waals surface area contributed by atoms with E-state index in [1.807, 2.05) is 10.9 Å². The van der Waals surface area contributed by atoms with Gasteiger partial charge in [-0.2, -0.15) is 0 Å². The maximum atomic E-state index is 11.8. The summed E-state index contributed by atoms with van der Waals surface area (Å²) in [5.74, 6) is -4.14. The summed E-state index contributed by atoms with van der Waals surface area (Å²) in [6, 6.07) is 7.58. The van der Waals surface area contributed by atoms with E-state index in [2.05, 4.69) is 10.6 Å². The Balaban J connectivity index is 2.32. The first-order valence-electron chi connectivity index (χ1n) is 8.26. The van der Waals surface area contributed by atoms with E-state index in [4.69, 9.17) is 22.0 Å². The van der Waals surface area contributed by atoms with Crippen LogP contribution in [-0.4, -0.2) is 46.6 Å². The van der Waals surface area contributed by atoms with Crippen LogP contribution in [0.3, 0.4) is 0 Å². The van der Waals surface area contributed by atoms with E-state index in [0.29, 0.717) is 5.69 Å². The Bertz CT molecular complexity index is 655. The number of halogens is 1. The van der Waals surface area contributed by atoms with Gasteiger partial charge in [-0.05, 0) is 43.2 Å². The molecule has 0 saturated carbocycles. The number of aliphatic carboxylic acids is 2. The van der Waals surface area contributed by atoms with Crippen molar-refractivity contribution < 1.29 is 29.4 Å². The molecule has 10 heteroatoms. The topological polar surface area (TPSA) is 145 Å². The number of benzene rings is 1. The second kappa shape index (κ2) is 11.9. The molecule has 9 nitrogen and oxygen atoms in total. The van der Waals surface area contributed by atoms with Crippen LogP contribution in [0.15, 0.2) is 30.3 Å². The molecule has 0 aromatic heterocycles. The van der Waals surface area contributed by atoms with E-state index in [1.54, 1.807) is 24.3 Å². The molecule has 0 unspecified atom stereocenters. The predicted octanol–water partition coefficient (Wildman–Crippen LogP) is 1.20. The smallest absolute Gasteiger partial charge is 0.321 e. The van der Waals surface area contributed by atoms with Crippen LogP contribution in [-0.2, 0) is 19.2 Å². The number of rotatable bonds is 12. The molecule has 2 amide bonds. The van der Waals surface area contributed by atoms with E-state index < -0.39 is 29.8 Å². The number of nitrogens with one attached hydrogen (secondary N) is 3. The van der Waals surface area contributed by atoms with Gasteiger partial charge in [-0.3, -0.25) is 19.2 Å². The van der Waals surface area contributed by atoms with Gasteiger partial charge in [0.2, 0.25) is 11.8 Å². The second-order valence-corrected chi connectivity index (χ2v) is 6.07. The van der Waals surface area contributed by atoms with Crippen molar-refractivity contribution in [3.63, 3.8) is 0 Å². The van der Waals surface area contributed by atoms with Gasteiger partial charge in [-0.25, -0.2) is 4.84 Å². The van der Waals surface area contributed by atoms with E-state index in [9.17, 15) is 19.2 Å². The van der Waals surface area contributed by atoms with Gasteiger partial charge < -0.3 is 20.8 Å². The molecule has 0 spiro atoms. The van der Waals surface area contributed by atoms with Crippen LogP contribution in [0.25, 0.3) is 0 Å². The van der Waals surface area contributed by atoms with Crippen molar-refractivity contribution in [2.24, 2.45) is 5.92 Å². The third kappa shape index (κ3) is 9.02. The van der Waals surface area contributed by atoms with E-state index in [0.717, 1.165) is 0 Å². The molecule has 1 aromatic rings. The SMILES string of the molecule is O=C(CCC[C@H](C[C@H](NCl)C(=O)O)C(=O)O)NCC(=O)Nc1ccccc1. The normalized spacial score (nSPS) is 12.6. The van der Waals surface area contributed by atoms with Crippen molar-refractivity contribution in [3.8, 4) is 0 Å². The first-order chi connectivity index (χ1) is 12.8. The minimum absolute atomic E-state index is 0.0223. The molecule has 27 heavy (non-hydrogen) atoms. The molecule has 5 N–H and O–H groups in total. The lowest BCUT2D eigenvalue weighted by Crippen LogP contribution is -2.35. The first kappa shape index (κ1) is 22.4. The molecule has 0 fully saturated rings. The zero-order chi connectivity index (χ0) is 20.2. The molecule has 0 heterocycles. The largest absolute Gasteiger partial charge is 0.481 e. The van der Waals surface area contributed by atoms with Crippen LogP contribution < -0.4 is 15.5 Å². The van der Waals surface area contributed by atoms with Crippen LogP contribution in [0.1, 0.15) is 25.7 Å². The van der Waals surface area contributed by atoms with Gasteiger partial charge in [0, 0.05) is 12.1 Å². The number of carboxylic acid groups (broad SMARTS) is 2. The number of carbonyl (C=O) groups excluding carboxylic acids is 2. The quantitative estimate of drug-likeness (QED) is 0.332. The zero-order valence-electron chi connectivity index (χ0n) is 14.5. The van der Waals surface area contributed by atoms with Crippen molar-refractivity contribution in [1.82, 2.24) is 10.2 Å². The van der Waals surface area contributed by atoms with Crippen LogP contribution in [0, 0.1) is 5.92 Å². The fourth-order valence-corrected chi connectivity index (χ4v) is 2.50. The number of hydrogen-bond acceptors (Lipinski definition) is 5. The molecule has 148 valence electrons. The fraction of sp³-hybridized carbons (Fsp3) is 0.412. The van der Waals surface area contributed by atoms with Gasteiger partial charge in [-0.15, -0.1) is 0 Å². The molecule has 0 bridgehead atoms. The Labute approximate surface area is 161 Å². The number of carboxylic acids is 2. The van der Waals surface area contributed by atoms with Crippen LogP contribution in [0.4, 0.5) is 5.69 Å². The Morgan fingerprint density at radius 3 is 2.22 bits per heavy atom. The standard InChI is InChI=1S/C17H22ClN3O6/c18-21-13(17(26)27)9-11(16(24)25)5-4-8-14(22)19-10-15(23)20-12-6-2-1-3-7-12/h1-3,6-7,11,13,21H,4-5,8-10H2,(H,19,22)(H,20,23)(H,24,25)(H,26,27)/t11-,13+/m1/s1. The lowest BCUT2D eigenvalue weighted by molar-refractivity contribution is -0.144. The molecule has 1 rings (SSSR count). The number of amides is 2. The minimum Gasteiger partial charge on any atom is -0.481 e. The van der Waals surface area contributed by atoms with Crippen molar-refractivity contribution in [1.29, 1.82) is 0 Å². The highest BCUT2D eigenvalue weighted by atomic mass is 35.5. The van der Waals surface area contributed by atoms with E-state index in [1.165, 1.54) is 0 Å². The van der Waals surface area contributed by atoms with Gasteiger partial charge in [0.1, 0.15) is 6.04 Å². The summed E-state index contributed by atoms with van der Waals surface area (Å²) in [4.78, 5) is 47.7. The molecule has 0 radical (unpaired) electrons. The van der Waals surface area contributed by atoms with Crippen molar-refractivity contribution >= 4 is 41.2 Å². The summed E-state index contributed by atoms with van der Waals surface area (Å²) in [6.45, 7) is -0.201. The Hall–Kier alpha value is -2.65.